The van der Waals surface area contributed by atoms with Crippen molar-refractivity contribution in [1.29, 1.82) is 0 Å². The van der Waals surface area contributed by atoms with Gasteiger partial charge in [-0.2, -0.15) is 0 Å². The molecule has 0 unspecified atom stereocenters. The fourth-order valence-corrected chi connectivity index (χ4v) is 1.62. The highest BCUT2D eigenvalue weighted by molar-refractivity contribution is 5.92. The molecule has 0 fully saturated rings. The number of carbonyl (C=O) groups excluding carboxylic acids is 1. The predicted molar refractivity (Wildman–Crippen MR) is 77.3 cm³/mol. The van der Waals surface area contributed by atoms with E-state index in [0.29, 0.717) is 30.1 Å². The third-order valence-electron chi connectivity index (χ3n) is 3.33. The van der Waals surface area contributed by atoms with Gasteiger partial charge < -0.3 is 15.2 Å². The first-order valence-corrected chi connectivity index (χ1v) is 6.79. The zero-order valence-electron chi connectivity index (χ0n) is 12.7. The second-order valence-electron chi connectivity index (χ2n) is 5.64. The lowest BCUT2D eigenvalue weighted by molar-refractivity contribution is 0.0929. The van der Waals surface area contributed by atoms with Crippen LogP contribution >= 0.6 is 0 Å². The first-order chi connectivity index (χ1) is 9.41. The molecule has 1 aromatic heterocycles. The van der Waals surface area contributed by atoms with E-state index in [2.05, 4.69) is 31.1 Å². The van der Waals surface area contributed by atoms with Gasteiger partial charge in [0.05, 0.1) is 18.9 Å². The van der Waals surface area contributed by atoms with Crippen molar-refractivity contribution in [3.05, 3.63) is 29.1 Å². The summed E-state index contributed by atoms with van der Waals surface area (Å²) in [7, 11) is 1.57. The smallest absolute Gasteiger partial charge is 0.269 e. The number of aliphatic hydroxyl groups excluding tert-OH is 1. The number of nitrogens with zero attached hydrogens (tertiary/aromatic N) is 1. The fourth-order valence-electron chi connectivity index (χ4n) is 1.62. The molecule has 1 amide bonds. The average Bonchev–Trinajstić information content (AvgIpc) is 2.44. The van der Waals surface area contributed by atoms with Gasteiger partial charge in [-0.1, -0.05) is 20.8 Å². The van der Waals surface area contributed by atoms with E-state index in [1.807, 2.05) is 0 Å². The summed E-state index contributed by atoms with van der Waals surface area (Å²) in [5.41, 5.74) is 1.67. The van der Waals surface area contributed by atoms with Crippen molar-refractivity contribution in [2.45, 2.75) is 40.4 Å². The molecule has 0 aliphatic heterocycles. The Morgan fingerprint density at radius 1 is 1.45 bits per heavy atom. The number of carbonyl (C=O) groups is 1. The minimum absolute atomic E-state index is 0.0552. The van der Waals surface area contributed by atoms with Crippen LogP contribution in [0, 0.1) is 5.41 Å². The molecule has 0 saturated heterocycles. The third-order valence-corrected chi connectivity index (χ3v) is 3.33. The lowest BCUT2D eigenvalue weighted by Gasteiger charge is -2.22. The Morgan fingerprint density at radius 2 is 2.15 bits per heavy atom. The van der Waals surface area contributed by atoms with E-state index in [-0.39, 0.29) is 17.9 Å². The van der Waals surface area contributed by atoms with E-state index in [0.717, 1.165) is 6.42 Å². The topological polar surface area (TPSA) is 71.5 Å². The minimum Gasteiger partial charge on any atom is -0.392 e. The summed E-state index contributed by atoms with van der Waals surface area (Å²) in [6, 6.07) is 3.34. The van der Waals surface area contributed by atoms with Crippen LogP contribution in [-0.2, 0) is 18.0 Å². The molecule has 5 nitrogen and oxygen atoms in total. The number of ether oxygens (including phenoxy) is 1. The van der Waals surface area contributed by atoms with Crippen LogP contribution in [0.2, 0.25) is 0 Å². The van der Waals surface area contributed by atoms with Crippen LogP contribution < -0.4 is 5.32 Å². The Kier molecular flexibility index (Phi) is 6.10. The van der Waals surface area contributed by atoms with Crippen LogP contribution in [-0.4, -0.2) is 29.7 Å². The van der Waals surface area contributed by atoms with Gasteiger partial charge in [0.1, 0.15) is 5.69 Å². The summed E-state index contributed by atoms with van der Waals surface area (Å²) < 4.78 is 5.02. The Bertz CT molecular complexity index is 458. The van der Waals surface area contributed by atoms with Crippen molar-refractivity contribution < 1.29 is 14.6 Å². The van der Waals surface area contributed by atoms with Gasteiger partial charge in [-0.05, 0) is 29.5 Å². The van der Waals surface area contributed by atoms with E-state index in [4.69, 9.17) is 4.74 Å². The summed E-state index contributed by atoms with van der Waals surface area (Å²) >= 11 is 0. The Hall–Kier alpha value is -1.46. The van der Waals surface area contributed by atoms with E-state index in [1.54, 1.807) is 19.2 Å². The van der Waals surface area contributed by atoms with Crippen molar-refractivity contribution >= 4 is 5.91 Å². The number of nitrogens with one attached hydrogen (secondary N) is 1. The van der Waals surface area contributed by atoms with Crippen molar-refractivity contribution in [1.82, 2.24) is 10.3 Å². The molecule has 0 radical (unpaired) electrons. The third kappa shape index (κ3) is 4.90. The second kappa shape index (κ2) is 7.36. The van der Waals surface area contributed by atoms with E-state index < -0.39 is 0 Å². The second-order valence-corrected chi connectivity index (χ2v) is 5.64. The van der Waals surface area contributed by atoms with Gasteiger partial charge in [0.15, 0.2) is 0 Å². The van der Waals surface area contributed by atoms with Crippen LogP contribution in [0.1, 0.15) is 48.9 Å². The van der Waals surface area contributed by atoms with Crippen molar-refractivity contribution in [3.8, 4) is 0 Å². The lowest BCUT2D eigenvalue weighted by atomic mass is 9.90. The van der Waals surface area contributed by atoms with Crippen molar-refractivity contribution in [2.24, 2.45) is 5.41 Å². The number of methoxy groups -OCH3 is 1. The number of rotatable bonds is 7. The van der Waals surface area contributed by atoms with Crippen molar-refractivity contribution in [3.63, 3.8) is 0 Å². The number of hydrogen-bond acceptors (Lipinski definition) is 4. The molecular weight excluding hydrogens is 256 g/mol. The first kappa shape index (κ1) is 16.6. The highest BCUT2D eigenvalue weighted by Gasteiger charge is 2.18. The monoisotopic (exact) mass is 280 g/mol. The molecule has 1 rings (SSSR count). The molecule has 2 N–H and O–H groups in total. The maximum atomic E-state index is 12.1. The molecule has 0 atom stereocenters. The van der Waals surface area contributed by atoms with Crippen LogP contribution in [0.25, 0.3) is 0 Å². The zero-order valence-corrected chi connectivity index (χ0v) is 12.7. The number of pyridine rings is 1. The molecular formula is C15H24N2O3. The zero-order chi connectivity index (χ0) is 15.2. The molecule has 1 aromatic rings. The quantitative estimate of drug-likeness (QED) is 0.800. The number of aromatic nitrogens is 1. The molecule has 0 bridgehead atoms. The number of hydrogen-bond donors (Lipinski definition) is 2. The highest BCUT2D eigenvalue weighted by atomic mass is 16.5. The lowest BCUT2D eigenvalue weighted by Crippen LogP contribution is -2.34. The average molecular weight is 280 g/mol. The van der Waals surface area contributed by atoms with Gasteiger partial charge in [-0.25, -0.2) is 4.98 Å². The molecule has 5 heteroatoms. The number of amides is 1. The maximum absolute atomic E-state index is 12.1. The molecule has 0 saturated carbocycles. The Balaban J connectivity index is 2.83. The van der Waals surface area contributed by atoms with Gasteiger partial charge >= 0.3 is 0 Å². The van der Waals surface area contributed by atoms with Gasteiger partial charge in [0.25, 0.3) is 5.91 Å². The summed E-state index contributed by atoms with van der Waals surface area (Å²) in [6.07, 6.45) is 0.978. The molecule has 0 spiro atoms. The SMILES string of the molecule is CCC(C)(C)CNC(=O)c1cc(CO)cc(COC)n1. The fraction of sp³-hybridized carbons (Fsp3) is 0.600. The minimum atomic E-state index is -0.223. The van der Waals surface area contributed by atoms with Gasteiger partial charge in [0, 0.05) is 13.7 Å². The molecule has 112 valence electrons. The molecule has 0 aliphatic carbocycles. The van der Waals surface area contributed by atoms with Gasteiger partial charge in [0.2, 0.25) is 0 Å². The summed E-state index contributed by atoms with van der Waals surface area (Å²) in [5, 5.41) is 12.1. The van der Waals surface area contributed by atoms with E-state index >= 15 is 0 Å². The van der Waals surface area contributed by atoms with Crippen LogP contribution in [0.3, 0.4) is 0 Å². The van der Waals surface area contributed by atoms with Gasteiger partial charge in [-0.3, -0.25) is 4.79 Å². The summed E-state index contributed by atoms with van der Waals surface area (Å²) in [5.74, 6) is -0.223. The van der Waals surface area contributed by atoms with Crippen LogP contribution in [0.4, 0.5) is 0 Å². The predicted octanol–water partition coefficient (Wildman–Crippen LogP) is 1.89. The molecule has 0 aliphatic rings. The molecule has 1 heterocycles. The van der Waals surface area contributed by atoms with Crippen LogP contribution in [0.5, 0.6) is 0 Å². The maximum Gasteiger partial charge on any atom is 0.269 e. The van der Waals surface area contributed by atoms with Gasteiger partial charge in [-0.15, -0.1) is 0 Å². The molecule has 0 aromatic carbocycles. The standard InChI is InChI=1S/C15H24N2O3/c1-5-15(2,3)10-16-14(19)13-7-11(8-18)6-12(17-13)9-20-4/h6-7,18H,5,8-10H2,1-4H3,(H,16,19). The van der Waals surface area contributed by atoms with Crippen LogP contribution in [0.15, 0.2) is 12.1 Å². The Labute approximate surface area is 120 Å². The first-order valence-electron chi connectivity index (χ1n) is 6.79. The number of aliphatic hydroxyl groups is 1. The summed E-state index contributed by atoms with van der Waals surface area (Å²) in [6.45, 7) is 7.07. The summed E-state index contributed by atoms with van der Waals surface area (Å²) in [4.78, 5) is 16.4. The highest BCUT2D eigenvalue weighted by Crippen LogP contribution is 2.18. The van der Waals surface area contributed by atoms with E-state index in [1.165, 1.54) is 0 Å². The normalized spacial score (nSPS) is 11.4. The van der Waals surface area contributed by atoms with E-state index in [9.17, 15) is 9.90 Å². The van der Waals surface area contributed by atoms with Crippen molar-refractivity contribution in [2.75, 3.05) is 13.7 Å². The molecule has 20 heavy (non-hydrogen) atoms. The largest absolute Gasteiger partial charge is 0.392 e. The Morgan fingerprint density at radius 3 is 2.70 bits per heavy atom.